The SMILES string of the molecule is O=C(CC(=O)OCCc1ccnc(Cl)c1)OCCc1ccnc(Cl)c1. The molecule has 0 N–H and O–H groups in total. The number of esters is 2. The maximum absolute atomic E-state index is 11.6. The summed E-state index contributed by atoms with van der Waals surface area (Å²) in [4.78, 5) is 30.9. The zero-order valence-electron chi connectivity index (χ0n) is 13.3. The van der Waals surface area contributed by atoms with Crippen LogP contribution in [0.15, 0.2) is 36.7 Å². The van der Waals surface area contributed by atoms with E-state index < -0.39 is 18.4 Å². The summed E-state index contributed by atoms with van der Waals surface area (Å²) in [5.41, 5.74) is 1.79. The molecule has 2 heterocycles. The first-order chi connectivity index (χ1) is 12.0. The molecular weight excluding hydrogens is 367 g/mol. The second kappa shape index (κ2) is 9.96. The van der Waals surface area contributed by atoms with E-state index in [0.717, 1.165) is 11.1 Å². The van der Waals surface area contributed by atoms with Crippen LogP contribution in [0, 0.1) is 0 Å². The van der Waals surface area contributed by atoms with Crippen LogP contribution in [0.1, 0.15) is 17.5 Å². The Morgan fingerprint density at radius 1 is 0.840 bits per heavy atom. The molecule has 0 saturated carbocycles. The number of ether oxygens (including phenoxy) is 2. The third kappa shape index (κ3) is 7.49. The number of hydrogen-bond donors (Lipinski definition) is 0. The average molecular weight is 383 g/mol. The lowest BCUT2D eigenvalue weighted by atomic mass is 10.2. The van der Waals surface area contributed by atoms with Gasteiger partial charge in [-0.1, -0.05) is 23.2 Å². The molecule has 0 atom stereocenters. The van der Waals surface area contributed by atoms with E-state index in [1.807, 2.05) is 0 Å². The molecule has 0 saturated heterocycles. The number of carbonyl (C=O) groups is 2. The van der Waals surface area contributed by atoms with Gasteiger partial charge in [-0.3, -0.25) is 9.59 Å². The minimum absolute atomic E-state index is 0.155. The molecule has 2 rings (SSSR count). The van der Waals surface area contributed by atoms with Crippen LogP contribution < -0.4 is 0 Å². The highest BCUT2D eigenvalue weighted by Crippen LogP contribution is 2.09. The van der Waals surface area contributed by atoms with Gasteiger partial charge in [0, 0.05) is 25.2 Å². The average Bonchev–Trinajstić information content (AvgIpc) is 2.55. The predicted molar refractivity (Wildman–Crippen MR) is 92.4 cm³/mol. The molecule has 0 spiro atoms. The molecule has 0 fully saturated rings. The van der Waals surface area contributed by atoms with Crippen molar-refractivity contribution in [2.45, 2.75) is 19.3 Å². The van der Waals surface area contributed by atoms with E-state index in [-0.39, 0.29) is 13.2 Å². The summed E-state index contributed by atoms with van der Waals surface area (Å²) >= 11 is 11.5. The van der Waals surface area contributed by atoms with E-state index in [1.165, 1.54) is 0 Å². The van der Waals surface area contributed by atoms with Crippen molar-refractivity contribution in [3.8, 4) is 0 Å². The lowest BCUT2D eigenvalue weighted by Crippen LogP contribution is -2.16. The van der Waals surface area contributed by atoms with Crippen molar-refractivity contribution in [1.82, 2.24) is 9.97 Å². The van der Waals surface area contributed by atoms with Crippen LogP contribution in [0.2, 0.25) is 10.3 Å². The molecule has 2 aromatic rings. The lowest BCUT2D eigenvalue weighted by Gasteiger charge is -2.06. The Labute approximate surface area is 155 Å². The van der Waals surface area contributed by atoms with Gasteiger partial charge in [-0.15, -0.1) is 0 Å². The number of nitrogens with zero attached hydrogens (tertiary/aromatic N) is 2. The van der Waals surface area contributed by atoms with Gasteiger partial charge in [-0.25, -0.2) is 9.97 Å². The topological polar surface area (TPSA) is 78.4 Å². The van der Waals surface area contributed by atoms with Gasteiger partial charge in [0.1, 0.15) is 16.7 Å². The normalized spacial score (nSPS) is 10.3. The highest BCUT2D eigenvalue weighted by Gasteiger charge is 2.12. The largest absolute Gasteiger partial charge is 0.465 e. The second-order valence-corrected chi connectivity index (χ2v) is 5.87. The van der Waals surface area contributed by atoms with E-state index in [9.17, 15) is 9.59 Å². The van der Waals surface area contributed by atoms with Crippen LogP contribution in [0.3, 0.4) is 0 Å². The molecule has 2 aromatic heterocycles. The van der Waals surface area contributed by atoms with Gasteiger partial charge < -0.3 is 9.47 Å². The third-order valence-corrected chi connectivity index (χ3v) is 3.59. The molecule has 132 valence electrons. The van der Waals surface area contributed by atoms with Crippen molar-refractivity contribution >= 4 is 35.1 Å². The van der Waals surface area contributed by atoms with Gasteiger partial charge in [-0.05, 0) is 35.4 Å². The fraction of sp³-hybridized carbons (Fsp3) is 0.294. The highest BCUT2D eigenvalue weighted by molar-refractivity contribution is 6.29. The van der Waals surface area contributed by atoms with Gasteiger partial charge in [0.25, 0.3) is 0 Å². The Kier molecular flexibility index (Phi) is 7.63. The van der Waals surface area contributed by atoms with Crippen molar-refractivity contribution in [2.75, 3.05) is 13.2 Å². The van der Waals surface area contributed by atoms with E-state index in [2.05, 4.69) is 9.97 Å². The van der Waals surface area contributed by atoms with Crippen molar-refractivity contribution in [3.05, 3.63) is 58.1 Å². The van der Waals surface area contributed by atoms with Gasteiger partial charge in [0.15, 0.2) is 0 Å². The molecule has 0 unspecified atom stereocenters. The number of pyridine rings is 2. The van der Waals surface area contributed by atoms with Gasteiger partial charge in [0.05, 0.1) is 13.2 Å². The quantitative estimate of drug-likeness (QED) is 0.396. The fourth-order valence-electron chi connectivity index (χ4n) is 1.98. The summed E-state index contributed by atoms with van der Waals surface area (Å²) in [6, 6.07) is 6.93. The summed E-state index contributed by atoms with van der Waals surface area (Å²) in [6.07, 6.45) is 3.71. The molecule has 6 nitrogen and oxygen atoms in total. The Morgan fingerprint density at radius 2 is 1.28 bits per heavy atom. The molecular formula is C17H16Cl2N2O4. The molecule has 0 bridgehead atoms. The first kappa shape index (κ1) is 19.1. The summed E-state index contributed by atoms with van der Waals surface area (Å²) < 4.78 is 10.0. The zero-order chi connectivity index (χ0) is 18.1. The minimum Gasteiger partial charge on any atom is -0.465 e. The molecule has 0 aromatic carbocycles. The molecule has 0 aliphatic carbocycles. The number of carbonyl (C=O) groups excluding carboxylic acids is 2. The van der Waals surface area contributed by atoms with Crippen molar-refractivity contribution < 1.29 is 19.1 Å². The lowest BCUT2D eigenvalue weighted by molar-refractivity contribution is -0.154. The van der Waals surface area contributed by atoms with E-state index in [1.54, 1.807) is 36.7 Å². The smallest absolute Gasteiger partial charge is 0.317 e. The third-order valence-electron chi connectivity index (χ3n) is 3.18. The summed E-state index contributed by atoms with van der Waals surface area (Å²) in [6.45, 7) is 0.309. The van der Waals surface area contributed by atoms with Crippen molar-refractivity contribution in [1.29, 1.82) is 0 Å². The fourth-order valence-corrected chi connectivity index (χ4v) is 2.37. The van der Waals surface area contributed by atoms with Crippen LogP contribution in [-0.2, 0) is 31.9 Å². The van der Waals surface area contributed by atoms with E-state index in [0.29, 0.717) is 23.1 Å². The Morgan fingerprint density at radius 3 is 1.68 bits per heavy atom. The van der Waals surface area contributed by atoms with Crippen LogP contribution in [0.25, 0.3) is 0 Å². The van der Waals surface area contributed by atoms with E-state index >= 15 is 0 Å². The monoisotopic (exact) mass is 382 g/mol. The minimum atomic E-state index is -0.628. The second-order valence-electron chi connectivity index (χ2n) is 5.09. The Balaban J connectivity index is 1.62. The van der Waals surface area contributed by atoms with Crippen molar-refractivity contribution in [2.24, 2.45) is 0 Å². The maximum Gasteiger partial charge on any atom is 0.317 e. The summed E-state index contributed by atoms with van der Waals surface area (Å²) in [7, 11) is 0. The first-order valence-corrected chi connectivity index (χ1v) is 8.30. The number of rotatable bonds is 8. The van der Waals surface area contributed by atoms with Crippen molar-refractivity contribution in [3.63, 3.8) is 0 Å². The Hall–Kier alpha value is -2.18. The predicted octanol–water partition coefficient (Wildman–Crippen LogP) is 3.05. The highest BCUT2D eigenvalue weighted by atomic mass is 35.5. The molecule has 0 aliphatic heterocycles. The van der Waals surface area contributed by atoms with Gasteiger partial charge in [0.2, 0.25) is 0 Å². The first-order valence-electron chi connectivity index (χ1n) is 7.55. The van der Waals surface area contributed by atoms with Gasteiger partial charge >= 0.3 is 11.9 Å². The van der Waals surface area contributed by atoms with Crippen LogP contribution >= 0.6 is 23.2 Å². The van der Waals surface area contributed by atoms with E-state index in [4.69, 9.17) is 32.7 Å². The molecule has 25 heavy (non-hydrogen) atoms. The Bertz CT molecular complexity index is 679. The number of halogens is 2. The number of hydrogen-bond acceptors (Lipinski definition) is 6. The molecule has 8 heteroatoms. The molecule has 0 amide bonds. The van der Waals surface area contributed by atoms with Crippen LogP contribution in [0.4, 0.5) is 0 Å². The summed E-state index contributed by atoms with van der Waals surface area (Å²) in [5.74, 6) is -1.26. The van der Waals surface area contributed by atoms with Gasteiger partial charge in [-0.2, -0.15) is 0 Å². The molecule has 0 aliphatic rings. The standard InChI is InChI=1S/C17H16Cl2N2O4/c18-14-9-12(1-5-20-14)3-7-24-16(22)11-17(23)25-8-4-13-2-6-21-15(19)10-13/h1-2,5-6,9-10H,3-4,7-8,11H2. The zero-order valence-corrected chi connectivity index (χ0v) is 14.8. The van der Waals surface area contributed by atoms with Crippen LogP contribution in [-0.4, -0.2) is 35.1 Å². The van der Waals surface area contributed by atoms with Crippen LogP contribution in [0.5, 0.6) is 0 Å². The summed E-state index contributed by atoms with van der Waals surface area (Å²) in [5, 5.41) is 0.755. The number of aromatic nitrogens is 2. The molecule has 0 radical (unpaired) electrons. The maximum atomic E-state index is 11.6.